The smallest absolute Gasteiger partial charge is 0.322 e. The molecule has 5 heteroatoms. The number of ether oxygens (including phenoxy) is 1. The predicted octanol–water partition coefficient (Wildman–Crippen LogP) is 1.49. The van der Waals surface area contributed by atoms with Crippen molar-refractivity contribution in [3.63, 3.8) is 0 Å². The van der Waals surface area contributed by atoms with Crippen molar-refractivity contribution in [2.75, 3.05) is 33.8 Å². The first-order valence-corrected chi connectivity index (χ1v) is 7.56. The highest BCUT2D eigenvalue weighted by molar-refractivity contribution is 5.75. The van der Waals surface area contributed by atoms with Crippen LogP contribution in [0.3, 0.4) is 0 Å². The monoisotopic (exact) mass is 293 g/mol. The summed E-state index contributed by atoms with van der Waals surface area (Å²) in [4.78, 5) is 18.0. The lowest BCUT2D eigenvalue weighted by Gasteiger charge is -2.21. The van der Waals surface area contributed by atoms with Crippen LogP contribution >= 0.6 is 0 Å². The number of likely N-dealkylation sites (N-methyl/N-ethyl adjacent to an activating group) is 1. The second kappa shape index (κ2) is 10.3. The quantitative estimate of drug-likeness (QED) is 0.662. The average Bonchev–Trinajstić information content (AvgIpc) is 2.53. The van der Waals surface area contributed by atoms with Gasteiger partial charge in [0.1, 0.15) is 6.04 Å². The second-order valence-corrected chi connectivity index (χ2v) is 5.23. The fourth-order valence-electron chi connectivity index (χ4n) is 2.09. The standard InChI is InChI=1S/C16H27N3O2/c1-4-9-18-15(16(20)21-3)8-13-19(2)12-7-14-5-10-17-11-6-14/h5-6,10-11,15,18H,4,7-9,12-13H2,1-3H3. The van der Waals surface area contributed by atoms with Crippen LogP contribution in [-0.4, -0.2) is 55.7 Å². The second-order valence-electron chi connectivity index (χ2n) is 5.23. The minimum Gasteiger partial charge on any atom is -0.468 e. The molecule has 1 rings (SSSR count). The Balaban J connectivity index is 2.31. The number of esters is 1. The number of carbonyl (C=O) groups is 1. The van der Waals surface area contributed by atoms with Crippen molar-refractivity contribution in [1.82, 2.24) is 15.2 Å². The summed E-state index contributed by atoms with van der Waals surface area (Å²) in [5.74, 6) is -0.175. The molecule has 21 heavy (non-hydrogen) atoms. The highest BCUT2D eigenvalue weighted by Gasteiger charge is 2.18. The minimum absolute atomic E-state index is 0.175. The average molecular weight is 293 g/mol. The maximum atomic E-state index is 11.7. The summed E-state index contributed by atoms with van der Waals surface area (Å²) in [5.41, 5.74) is 1.28. The lowest BCUT2D eigenvalue weighted by molar-refractivity contribution is -0.143. The van der Waals surface area contributed by atoms with E-state index in [1.54, 1.807) is 0 Å². The Kier molecular flexibility index (Phi) is 8.62. The zero-order valence-corrected chi connectivity index (χ0v) is 13.3. The van der Waals surface area contributed by atoms with Crippen molar-refractivity contribution < 1.29 is 9.53 Å². The van der Waals surface area contributed by atoms with Crippen molar-refractivity contribution in [3.8, 4) is 0 Å². The van der Waals surface area contributed by atoms with Crippen LogP contribution in [0.4, 0.5) is 0 Å². The van der Waals surface area contributed by atoms with Crippen LogP contribution in [0.15, 0.2) is 24.5 Å². The first kappa shape index (κ1) is 17.6. The SMILES string of the molecule is CCCNC(CCN(C)CCc1ccncc1)C(=O)OC. The molecule has 0 aliphatic rings. The van der Waals surface area contributed by atoms with Gasteiger partial charge in [0.05, 0.1) is 7.11 Å². The fraction of sp³-hybridized carbons (Fsp3) is 0.625. The molecule has 0 aromatic carbocycles. The van der Waals surface area contributed by atoms with Gasteiger partial charge in [-0.25, -0.2) is 0 Å². The van der Waals surface area contributed by atoms with Gasteiger partial charge in [-0.2, -0.15) is 0 Å². The molecule has 5 nitrogen and oxygen atoms in total. The summed E-state index contributed by atoms with van der Waals surface area (Å²) >= 11 is 0. The van der Waals surface area contributed by atoms with Crippen molar-refractivity contribution in [3.05, 3.63) is 30.1 Å². The molecule has 0 saturated heterocycles. The number of carbonyl (C=O) groups excluding carboxylic acids is 1. The van der Waals surface area contributed by atoms with E-state index < -0.39 is 0 Å². The minimum atomic E-state index is -0.210. The largest absolute Gasteiger partial charge is 0.468 e. The van der Waals surface area contributed by atoms with Gasteiger partial charge in [0, 0.05) is 18.9 Å². The van der Waals surface area contributed by atoms with Gasteiger partial charge in [0.15, 0.2) is 0 Å². The number of nitrogens with zero attached hydrogens (tertiary/aromatic N) is 2. The Morgan fingerprint density at radius 2 is 2.10 bits per heavy atom. The van der Waals surface area contributed by atoms with Crippen molar-refractivity contribution >= 4 is 5.97 Å². The van der Waals surface area contributed by atoms with Gasteiger partial charge in [-0.05, 0) is 57.1 Å². The number of methoxy groups -OCH3 is 1. The highest BCUT2D eigenvalue weighted by Crippen LogP contribution is 2.02. The van der Waals surface area contributed by atoms with Crippen molar-refractivity contribution in [2.45, 2.75) is 32.2 Å². The maximum Gasteiger partial charge on any atom is 0.322 e. The summed E-state index contributed by atoms with van der Waals surface area (Å²) in [7, 11) is 3.52. The topological polar surface area (TPSA) is 54.5 Å². The molecule has 1 aromatic heterocycles. The Morgan fingerprint density at radius 3 is 2.71 bits per heavy atom. The Hall–Kier alpha value is -1.46. The van der Waals surface area contributed by atoms with E-state index >= 15 is 0 Å². The fourth-order valence-corrected chi connectivity index (χ4v) is 2.09. The van der Waals surface area contributed by atoms with Crippen LogP contribution in [0.2, 0.25) is 0 Å². The molecule has 0 fully saturated rings. The van der Waals surface area contributed by atoms with E-state index in [4.69, 9.17) is 4.74 Å². The third kappa shape index (κ3) is 7.20. The van der Waals surface area contributed by atoms with E-state index in [2.05, 4.69) is 29.2 Å². The van der Waals surface area contributed by atoms with E-state index in [0.717, 1.165) is 38.9 Å². The molecule has 118 valence electrons. The van der Waals surface area contributed by atoms with Crippen molar-refractivity contribution in [1.29, 1.82) is 0 Å². The van der Waals surface area contributed by atoms with Gasteiger partial charge in [0.2, 0.25) is 0 Å². The molecule has 1 heterocycles. The zero-order chi connectivity index (χ0) is 15.5. The molecule has 1 unspecified atom stereocenters. The molecule has 0 spiro atoms. The lowest BCUT2D eigenvalue weighted by atomic mass is 10.1. The molecule has 0 radical (unpaired) electrons. The van der Waals surface area contributed by atoms with E-state index in [0.29, 0.717) is 0 Å². The number of rotatable bonds is 10. The number of pyridine rings is 1. The molecule has 0 aliphatic carbocycles. The van der Waals surface area contributed by atoms with Crippen LogP contribution in [0, 0.1) is 0 Å². The summed E-state index contributed by atoms with van der Waals surface area (Å²) < 4.78 is 4.84. The van der Waals surface area contributed by atoms with E-state index in [1.165, 1.54) is 12.7 Å². The Bertz CT molecular complexity index is 398. The number of nitrogens with one attached hydrogen (secondary N) is 1. The summed E-state index contributed by atoms with van der Waals surface area (Å²) in [6.07, 6.45) is 6.39. The highest BCUT2D eigenvalue weighted by atomic mass is 16.5. The number of hydrogen-bond donors (Lipinski definition) is 1. The summed E-state index contributed by atoms with van der Waals surface area (Å²) in [6.45, 7) is 4.75. The molecule has 1 N–H and O–H groups in total. The molecule has 1 aromatic rings. The molecular formula is C16H27N3O2. The Labute approximate surface area is 127 Å². The molecular weight excluding hydrogens is 266 g/mol. The number of aromatic nitrogens is 1. The van der Waals surface area contributed by atoms with E-state index in [1.807, 2.05) is 24.5 Å². The van der Waals surface area contributed by atoms with Crippen LogP contribution in [0.1, 0.15) is 25.3 Å². The third-order valence-corrected chi connectivity index (χ3v) is 3.46. The van der Waals surface area contributed by atoms with Gasteiger partial charge >= 0.3 is 5.97 Å². The van der Waals surface area contributed by atoms with Crippen LogP contribution in [-0.2, 0) is 16.0 Å². The van der Waals surface area contributed by atoms with E-state index in [-0.39, 0.29) is 12.0 Å². The zero-order valence-electron chi connectivity index (χ0n) is 13.3. The molecule has 0 bridgehead atoms. The third-order valence-electron chi connectivity index (χ3n) is 3.46. The number of hydrogen-bond acceptors (Lipinski definition) is 5. The maximum absolute atomic E-state index is 11.7. The lowest BCUT2D eigenvalue weighted by Crippen LogP contribution is -2.40. The van der Waals surface area contributed by atoms with Gasteiger partial charge in [0.25, 0.3) is 0 Å². The Morgan fingerprint density at radius 1 is 1.38 bits per heavy atom. The van der Waals surface area contributed by atoms with Gasteiger partial charge in [-0.3, -0.25) is 9.78 Å². The van der Waals surface area contributed by atoms with Crippen LogP contribution in [0.5, 0.6) is 0 Å². The summed E-state index contributed by atoms with van der Waals surface area (Å²) in [5, 5.41) is 3.24. The predicted molar refractivity (Wildman–Crippen MR) is 84.2 cm³/mol. The first-order valence-electron chi connectivity index (χ1n) is 7.56. The van der Waals surface area contributed by atoms with Crippen LogP contribution in [0.25, 0.3) is 0 Å². The van der Waals surface area contributed by atoms with Gasteiger partial charge in [-0.15, -0.1) is 0 Å². The normalized spacial score (nSPS) is 12.4. The van der Waals surface area contributed by atoms with Gasteiger partial charge < -0.3 is 15.0 Å². The van der Waals surface area contributed by atoms with Gasteiger partial charge in [-0.1, -0.05) is 6.92 Å². The van der Waals surface area contributed by atoms with Crippen LogP contribution < -0.4 is 5.32 Å². The van der Waals surface area contributed by atoms with Crippen molar-refractivity contribution in [2.24, 2.45) is 0 Å². The molecule has 0 aliphatic heterocycles. The molecule has 0 saturated carbocycles. The molecule has 1 atom stereocenters. The first-order chi connectivity index (χ1) is 10.2. The molecule has 0 amide bonds. The summed E-state index contributed by atoms with van der Waals surface area (Å²) in [6, 6.07) is 3.86. The van der Waals surface area contributed by atoms with E-state index in [9.17, 15) is 4.79 Å².